The lowest BCUT2D eigenvalue weighted by Gasteiger charge is -2.06. The lowest BCUT2D eigenvalue weighted by molar-refractivity contribution is -0.384. The topological polar surface area (TPSA) is 74.5 Å². The first-order chi connectivity index (χ1) is 9.97. The van der Waals surface area contributed by atoms with Gasteiger partial charge < -0.3 is 9.47 Å². The number of rotatable bonds is 6. The van der Waals surface area contributed by atoms with Crippen LogP contribution in [-0.2, 0) is 0 Å². The van der Waals surface area contributed by atoms with Crippen LogP contribution in [0.1, 0.15) is 25.5 Å². The number of thiazole rings is 1. The standard InChI is InChI=1S/C13H13ClN2O4S/c1-8(2)11-6-21-13(15-11)20-7-19-9-3-4-10(14)12(5-9)16(17)18/h3-6,8H,7H2,1-2H3. The van der Waals surface area contributed by atoms with Crippen molar-refractivity contribution < 1.29 is 14.4 Å². The summed E-state index contributed by atoms with van der Waals surface area (Å²) in [6.07, 6.45) is 0. The number of nitro groups is 1. The second-order valence-corrected chi connectivity index (χ2v) is 5.70. The average molecular weight is 329 g/mol. The normalized spacial score (nSPS) is 10.7. The highest BCUT2D eigenvalue weighted by molar-refractivity contribution is 7.11. The van der Waals surface area contributed by atoms with Crippen molar-refractivity contribution in [1.29, 1.82) is 0 Å². The summed E-state index contributed by atoms with van der Waals surface area (Å²) >= 11 is 7.10. The number of halogens is 1. The van der Waals surface area contributed by atoms with Crippen molar-refractivity contribution in [2.75, 3.05) is 6.79 Å². The average Bonchev–Trinajstić information content (AvgIpc) is 2.89. The van der Waals surface area contributed by atoms with Crippen LogP contribution in [0.25, 0.3) is 0 Å². The van der Waals surface area contributed by atoms with Crippen LogP contribution in [0.2, 0.25) is 5.02 Å². The van der Waals surface area contributed by atoms with Crippen molar-refractivity contribution in [2.24, 2.45) is 0 Å². The first-order valence-corrected chi connectivity index (χ1v) is 7.38. The molecule has 112 valence electrons. The number of nitrogens with zero attached hydrogens (tertiary/aromatic N) is 2. The van der Waals surface area contributed by atoms with Crippen molar-refractivity contribution in [3.8, 4) is 10.9 Å². The molecule has 21 heavy (non-hydrogen) atoms. The number of benzene rings is 1. The Balaban J connectivity index is 1.94. The zero-order chi connectivity index (χ0) is 15.4. The van der Waals surface area contributed by atoms with Gasteiger partial charge in [-0.2, -0.15) is 0 Å². The van der Waals surface area contributed by atoms with E-state index >= 15 is 0 Å². The third-order valence-corrected chi connectivity index (χ3v) is 3.70. The molecule has 0 saturated heterocycles. The molecular weight excluding hydrogens is 316 g/mol. The Labute approximate surface area is 130 Å². The minimum absolute atomic E-state index is 0.0646. The number of ether oxygens (including phenoxy) is 2. The van der Waals surface area contributed by atoms with Crippen molar-refractivity contribution in [1.82, 2.24) is 4.98 Å². The minimum Gasteiger partial charge on any atom is -0.457 e. The Bertz CT molecular complexity index is 645. The fourth-order valence-electron chi connectivity index (χ4n) is 1.47. The van der Waals surface area contributed by atoms with Crippen LogP contribution < -0.4 is 9.47 Å². The van der Waals surface area contributed by atoms with Crippen LogP contribution in [0.4, 0.5) is 5.69 Å². The molecule has 0 aliphatic carbocycles. The van der Waals surface area contributed by atoms with E-state index in [0.29, 0.717) is 16.9 Å². The molecule has 1 aromatic carbocycles. The van der Waals surface area contributed by atoms with Crippen LogP contribution in [0.15, 0.2) is 23.6 Å². The first kappa shape index (κ1) is 15.5. The fourth-order valence-corrected chi connectivity index (χ4v) is 2.48. The van der Waals surface area contributed by atoms with Crippen molar-refractivity contribution in [3.63, 3.8) is 0 Å². The molecule has 1 aromatic heterocycles. The molecule has 6 nitrogen and oxygen atoms in total. The zero-order valence-electron chi connectivity index (χ0n) is 11.4. The Morgan fingerprint density at radius 2 is 2.19 bits per heavy atom. The maximum atomic E-state index is 10.8. The Hall–Kier alpha value is -1.86. The van der Waals surface area contributed by atoms with Gasteiger partial charge in [0.05, 0.1) is 16.7 Å². The third-order valence-electron chi connectivity index (χ3n) is 2.61. The maximum absolute atomic E-state index is 10.8. The molecule has 8 heteroatoms. The van der Waals surface area contributed by atoms with Gasteiger partial charge in [-0.05, 0) is 18.1 Å². The third kappa shape index (κ3) is 4.05. The quantitative estimate of drug-likeness (QED) is 0.450. The number of hydrogen-bond donors (Lipinski definition) is 0. The first-order valence-electron chi connectivity index (χ1n) is 6.12. The van der Waals surface area contributed by atoms with Gasteiger partial charge in [-0.3, -0.25) is 10.1 Å². The van der Waals surface area contributed by atoms with Crippen LogP contribution in [0.5, 0.6) is 10.9 Å². The predicted molar refractivity (Wildman–Crippen MR) is 80.4 cm³/mol. The summed E-state index contributed by atoms with van der Waals surface area (Å²) in [5.41, 5.74) is 0.752. The molecule has 0 spiro atoms. The maximum Gasteiger partial charge on any atom is 0.291 e. The van der Waals surface area contributed by atoms with Gasteiger partial charge in [0.15, 0.2) is 0 Å². The minimum atomic E-state index is -0.564. The Kier molecular flexibility index (Phi) is 4.98. The van der Waals surface area contributed by atoms with E-state index in [1.54, 1.807) is 6.07 Å². The largest absolute Gasteiger partial charge is 0.457 e. The summed E-state index contributed by atoms with van der Waals surface area (Å²) in [7, 11) is 0. The fraction of sp³-hybridized carbons (Fsp3) is 0.308. The van der Waals surface area contributed by atoms with E-state index in [-0.39, 0.29) is 17.5 Å². The molecule has 0 amide bonds. The van der Waals surface area contributed by atoms with E-state index in [0.717, 1.165) is 5.69 Å². The molecule has 0 atom stereocenters. The summed E-state index contributed by atoms with van der Waals surface area (Å²) in [6, 6.07) is 4.21. The number of nitro benzene ring substituents is 1. The zero-order valence-corrected chi connectivity index (χ0v) is 13.0. The van der Waals surface area contributed by atoms with Crippen molar-refractivity contribution in [2.45, 2.75) is 19.8 Å². The summed E-state index contributed by atoms with van der Waals surface area (Å²) in [5.74, 6) is 0.644. The van der Waals surface area contributed by atoms with Crippen molar-refractivity contribution in [3.05, 3.63) is 44.4 Å². The molecule has 0 N–H and O–H groups in total. The molecule has 2 rings (SSSR count). The van der Waals surface area contributed by atoms with Gasteiger partial charge in [-0.25, -0.2) is 4.98 Å². The van der Waals surface area contributed by atoms with Gasteiger partial charge in [0.2, 0.25) is 6.79 Å². The summed E-state index contributed by atoms with van der Waals surface area (Å²) in [5, 5.41) is 13.3. The van der Waals surface area contributed by atoms with E-state index in [2.05, 4.69) is 4.98 Å². The highest BCUT2D eigenvalue weighted by atomic mass is 35.5. The van der Waals surface area contributed by atoms with E-state index in [1.807, 2.05) is 19.2 Å². The van der Waals surface area contributed by atoms with Crippen LogP contribution in [0, 0.1) is 10.1 Å². The Morgan fingerprint density at radius 3 is 2.81 bits per heavy atom. The lowest BCUT2D eigenvalue weighted by atomic mass is 10.2. The van der Waals surface area contributed by atoms with Gasteiger partial charge in [-0.15, -0.1) is 0 Å². The van der Waals surface area contributed by atoms with E-state index in [9.17, 15) is 10.1 Å². The van der Waals surface area contributed by atoms with Gasteiger partial charge in [0, 0.05) is 5.38 Å². The predicted octanol–water partition coefficient (Wildman–Crippen LogP) is 4.24. The highest BCUT2D eigenvalue weighted by Gasteiger charge is 2.13. The molecule has 0 bridgehead atoms. The Morgan fingerprint density at radius 1 is 1.43 bits per heavy atom. The highest BCUT2D eigenvalue weighted by Crippen LogP contribution is 2.29. The lowest BCUT2D eigenvalue weighted by Crippen LogP contribution is -2.06. The van der Waals surface area contributed by atoms with Gasteiger partial charge in [0.1, 0.15) is 10.8 Å². The van der Waals surface area contributed by atoms with Crippen molar-refractivity contribution >= 4 is 28.6 Å². The summed E-state index contributed by atoms with van der Waals surface area (Å²) < 4.78 is 10.7. The number of aromatic nitrogens is 1. The molecule has 2 aromatic rings. The van der Waals surface area contributed by atoms with Gasteiger partial charge in [-0.1, -0.05) is 36.8 Å². The summed E-state index contributed by atoms with van der Waals surface area (Å²) in [6.45, 7) is 4.01. The molecule has 0 unspecified atom stereocenters. The van der Waals surface area contributed by atoms with E-state index < -0.39 is 4.92 Å². The summed E-state index contributed by atoms with van der Waals surface area (Å²) in [4.78, 5) is 14.5. The SMILES string of the molecule is CC(C)c1csc(OCOc2ccc(Cl)c([N+](=O)[O-])c2)n1. The number of hydrogen-bond acceptors (Lipinski definition) is 6. The van der Waals surface area contributed by atoms with Crippen LogP contribution >= 0.6 is 22.9 Å². The molecule has 0 radical (unpaired) electrons. The van der Waals surface area contributed by atoms with Gasteiger partial charge in [0.25, 0.3) is 10.9 Å². The second-order valence-electron chi connectivity index (χ2n) is 4.47. The smallest absolute Gasteiger partial charge is 0.291 e. The molecule has 0 aliphatic rings. The molecule has 1 heterocycles. The van der Waals surface area contributed by atoms with Crippen LogP contribution in [-0.4, -0.2) is 16.7 Å². The molecular formula is C13H13ClN2O4S. The van der Waals surface area contributed by atoms with Crippen LogP contribution in [0.3, 0.4) is 0 Å². The molecule has 0 aliphatic heterocycles. The monoisotopic (exact) mass is 328 g/mol. The molecule has 0 fully saturated rings. The van der Waals surface area contributed by atoms with Gasteiger partial charge >= 0.3 is 0 Å². The van der Waals surface area contributed by atoms with E-state index in [4.69, 9.17) is 21.1 Å². The second kappa shape index (κ2) is 6.73. The molecule has 0 saturated carbocycles. The van der Waals surface area contributed by atoms with E-state index in [1.165, 1.54) is 23.5 Å².